The van der Waals surface area contributed by atoms with Gasteiger partial charge in [-0.3, -0.25) is 5.26 Å². The zero-order valence-corrected chi connectivity index (χ0v) is 16.6. The van der Waals surface area contributed by atoms with Gasteiger partial charge < -0.3 is 14.2 Å². The van der Waals surface area contributed by atoms with Crippen LogP contribution in [0.15, 0.2) is 0 Å². The highest BCUT2D eigenvalue weighted by Gasteiger charge is 2.64. The maximum atomic E-state index is 10.1. The molecular formula is C20H35BO5. The predicted octanol–water partition coefficient (Wildman–Crippen LogP) is 4.17. The van der Waals surface area contributed by atoms with E-state index in [-0.39, 0.29) is 30.1 Å². The van der Waals surface area contributed by atoms with Gasteiger partial charge in [-0.1, -0.05) is 33.0 Å². The molecule has 0 aromatic rings. The molecule has 0 aromatic carbocycles. The largest absolute Gasteiger partial charge is 0.352 e. The normalized spacial score (nSPS) is 45.8. The summed E-state index contributed by atoms with van der Waals surface area (Å²) in [6, 6.07) is 0. The Morgan fingerprint density at radius 3 is 2.50 bits per heavy atom. The van der Waals surface area contributed by atoms with Crippen LogP contribution in [0.25, 0.3) is 0 Å². The summed E-state index contributed by atoms with van der Waals surface area (Å²) >= 11 is 0. The van der Waals surface area contributed by atoms with Crippen LogP contribution in [0.1, 0.15) is 65.7 Å². The summed E-state index contributed by atoms with van der Waals surface area (Å²) in [4.78, 5) is 5.31. The Kier molecular flexibility index (Phi) is 7.06. The van der Waals surface area contributed by atoms with Crippen molar-refractivity contribution in [1.29, 1.82) is 0 Å². The second-order valence-electron chi connectivity index (χ2n) is 8.65. The predicted molar refractivity (Wildman–Crippen MR) is 99.8 cm³/mol. The Hall–Kier alpha value is -0.135. The number of unbranched alkanes of at least 4 members (excludes halogenated alkanes) is 2. The number of ether oxygens (including phenoxy) is 3. The zero-order valence-electron chi connectivity index (χ0n) is 16.6. The lowest BCUT2D eigenvalue weighted by Gasteiger charge is -2.57. The third-order valence-electron chi connectivity index (χ3n) is 7.00. The van der Waals surface area contributed by atoms with E-state index < -0.39 is 11.9 Å². The Labute approximate surface area is 159 Å². The first-order chi connectivity index (χ1) is 12.5. The Bertz CT molecular complexity index is 450. The van der Waals surface area contributed by atoms with E-state index in [4.69, 9.17) is 26.9 Å². The van der Waals surface area contributed by atoms with Crippen LogP contribution in [-0.4, -0.2) is 44.0 Å². The highest BCUT2D eigenvalue weighted by Crippen LogP contribution is 2.56. The SMILES string of the molecule is [B]CCCCCOC1OC2OC(C)CCC3C(C)CCC(C1C)C23OO. The Balaban J connectivity index is 1.77. The minimum Gasteiger partial charge on any atom is -0.352 e. The van der Waals surface area contributed by atoms with E-state index in [0.29, 0.717) is 12.5 Å². The molecule has 3 aliphatic rings. The number of hydrogen-bond donors (Lipinski definition) is 1. The van der Waals surface area contributed by atoms with Crippen molar-refractivity contribution in [2.75, 3.05) is 6.61 Å². The first kappa shape index (κ1) is 20.6. The summed E-state index contributed by atoms with van der Waals surface area (Å²) in [6.45, 7) is 7.16. The summed E-state index contributed by atoms with van der Waals surface area (Å²) in [6.07, 6.45) is 7.11. The molecule has 1 saturated carbocycles. The summed E-state index contributed by atoms with van der Waals surface area (Å²) in [7, 11) is 5.55. The Morgan fingerprint density at radius 2 is 1.77 bits per heavy atom. The summed E-state index contributed by atoms with van der Waals surface area (Å²) in [5.74, 6) is 1.06. The van der Waals surface area contributed by atoms with E-state index in [1.165, 1.54) is 0 Å². The van der Waals surface area contributed by atoms with Gasteiger partial charge in [0.25, 0.3) is 0 Å². The molecule has 2 radical (unpaired) electrons. The van der Waals surface area contributed by atoms with Crippen LogP contribution in [-0.2, 0) is 19.1 Å². The number of rotatable bonds is 7. The minimum atomic E-state index is -0.777. The van der Waals surface area contributed by atoms with Crippen LogP contribution in [0, 0.1) is 23.7 Å². The third kappa shape index (κ3) is 3.73. The number of hydrogen-bond acceptors (Lipinski definition) is 5. The fourth-order valence-corrected chi connectivity index (χ4v) is 5.49. The lowest BCUT2D eigenvalue weighted by atomic mass is 9.58. The van der Waals surface area contributed by atoms with Crippen molar-refractivity contribution in [2.24, 2.45) is 23.7 Å². The van der Waals surface area contributed by atoms with E-state index in [2.05, 4.69) is 20.8 Å². The van der Waals surface area contributed by atoms with Crippen molar-refractivity contribution >= 4 is 7.85 Å². The van der Waals surface area contributed by atoms with Gasteiger partial charge in [-0.05, 0) is 50.9 Å². The molecule has 5 nitrogen and oxygen atoms in total. The zero-order chi connectivity index (χ0) is 18.7. The van der Waals surface area contributed by atoms with Crippen LogP contribution in [0.2, 0.25) is 6.32 Å². The summed E-state index contributed by atoms with van der Waals surface area (Å²) < 4.78 is 18.6. The molecule has 6 heteroatoms. The van der Waals surface area contributed by atoms with E-state index in [0.717, 1.165) is 51.3 Å². The van der Waals surface area contributed by atoms with Gasteiger partial charge in [0.2, 0.25) is 0 Å². The molecular weight excluding hydrogens is 331 g/mol. The highest BCUT2D eigenvalue weighted by molar-refractivity contribution is 6.08. The third-order valence-corrected chi connectivity index (χ3v) is 7.00. The molecule has 3 fully saturated rings. The lowest BCUT2D eigenvalue weighted by molar-refractivity contribution is -0.460. The molecule has 3 rings (SSSR count). The van der Waals surface area contributed by atoms with Crippen LogP contribution in [0.5, 0.6) is 0 Å². The summed E-state index contributed by atoms with van der Waals surface area (Å²) in [5, 5.41) is 10.1. The van der Waals surface area contributed by atoms with Gasteiger partial charge in [0.05, 0.1) is 14.0 Å². The van der Waals surface area contributed by atoms with E-state index in [9.17, 15) is 5.26 Å². The van der Waals surface area contributed by atoms with Crippen LogP contribution < -0.4 is 0 Å². The van der Waals surface area contributed by atoms with Crippen LogP contribution in [0.4, 0.5) is 0 Å². The molecule has 0 bridgehead atoms. The standard InChI is InChI=1S/C20H35BO5/c1-13-7-9-17-15(3)18(23-12-6-4-5-11-21)25-19-20(17,26-22)16(13)10-8-14(2)24-19/h13-19,22H,4-12H2,1-3H3. The first-order valence-corrected chi connectivity index (χ1v) is 10.5. The topological polar surface area (TPSA) is 57.2 Å². The molecule has 0 amide bonds. The van der Waals surface area contributed by atoms with Gasteiger partial charge in [0.15, 0.2) is 18.2 Å². The molecule has 0 aromatic heterocycles. The molecule has 0 spiro atoms. The molecule has 2 aliphatic heterocycles. The average molecular weight is 366 g/mol. The lowest BCUT2D eigenvalue weighted by Crippen LogP contribution is -2.67. The van der Waals surface area contributed by atoms with Gasteiger partial charge in [-0.15, -0.1) is 0 Å². The van der Waals surface area contributed by atoms with Gasteiger partial charge in [0, 0.05) is 18.4 Å². The van der Waals surface area contributed by atoms with E-state index in [1.54, 1.807) is 0 Å². The smallest absolute Gasteiger partial charge is 0.193 e. The molecule has 1 N–H and O–H groups in total. The molecule has 8 unspecified atom stereocenters. The average Bonchev–Trinajstić information content (AvgIpc) is 2.77. The van der Waals surface area contributed by atoms with Crippen LogP contribution >= 0.6 is 0 Å². The second kappa shape index (κ2) is 8.91. The molecule has 2 heterocycles. The van der Waals surface area contributed by atoms with E-state index in [1.807, 2.05) is 0 Å². The van der Waals surface area contributed by atoms with Gasteiger partial charge in [-0.25, -0.2) is 4.89 Å². The van der Waals surface area contributed by atoms with Gasteiger partial charge in [0.1, 0.15) is 0 Å². The van der Waals surface area contributed by atoms with Crippen molar-refractivity contribution in [3.63, 3.8) is 0 Å². The van der Waals surface area contributed by atoms with Crippen molar-refractivity contribution in [3.05, 3.63) is 0 Å². The van der Waals surface area contributed by atoms with Gasteiger partial charge in [-0.2, -0.15) is 0 Å². The van der Waals surface area contributed by atoms with Crippen molar-refractivity contribution in [2.45, 2.75) is 96.3 Å². The Morgan fingerprint density at radius 1 is 1.00 bits per heavy atom. The summed E-state index contributed by atoms with van der Waals surface area (Å²) in [5.41, 5.74) is -0.777. The monoisotopic (exact) mass is 366 g/mol. The molecule has 8 atom stereocenters. The van der Waals surface area contributed by atoms with Crippen molar-refractivity contribution in [3.8, 4) is 0 Å². The van der Waals surface area contributed by atoms with E-state index >= 15 is 0 Å². The fraction of sp³-hybridized carbons (Fsp3) is 1.00. The molecule has 2 saturated heterocycles. The van der Waals surface area contributed by atoms with Crippen LogP contribution in [0.3, 0.4) is 0 Å². The fourth-order valence-electron chi connectivity index (χ4n) is 5.49. The van der Waals surface area contributed by atoms with Gasteiger partial charge >= 0.3 is 0 Å². The first-order valence-electron chi connectivity index (χ1n) is 10.5. The van der Waals surface area contributed by atoms with Crippen molar-refractivity contribution < 1.29 is 24.4 Å². The minimum absolute atomic E-state index is 0.0871. The maximum absolute atomic E-state index is 10.1. The quantitative estimate of drug-likeness (QED) is 0.317. The molecule has 148 valence electrons. The van der Waals surface area contributed by atoms with Crippen molar-refractivity contribution in [1.82, 2.24) is 0 Å². The molecule has 26 heavy (non-hydrogen) atoms. The second-order valence-corrected chi connectivity index (χ2v) is 8.65. The highest BCUT2D eigenvalue weighted by atomic mass is 17.1. The maximum Gasteiger partial charge on any atom is 0.193 e. The molecule has 1 aliphatic carbocycles.